The number of rotatable bonds is 3. The highest BCUT2D eigenvalue weighted by Gasteiger charge is 2.34. The molecule has 1 saturated heterocycles. The molecule has 2 unspecified atom stereocenters. The number of hydrogen-bond acceptors (Lipinski definition) is 3. The first-order valence-corrected chi connectivity index (χ1v) is 8.22. The fraction of sp³-hybridized carbons (Fsp3) is 0.667. The second kappa shape index (κ2) is 5.88. The Balaban J connectivity index is 1.80. The largest absolute Gasteiger partial charge is 0.504 e. The molecule has 0 aromatic heterocycles. The second-order valence-corrected chi connectivity index (χ2v) is 7.06. The molecule has 1 aromatic rings. The average molecular weight is 289 g/mol. The summed E-state index contributed by atoms with van der Waals surface area (Å²) >= 11 is 0. The highest BCUT2D eigenvalue weighted by atomic mass is 16.5. The summed E-state index contributed by atoms with van der Waals surface area (Å²) in [4.78, 5) is 2.63. The van der Waals surface area contributed by atoms with Crippen LogP contribution < -0.4 is 4.74 Å². The smallest absolute Gasteiger partial charge is 0.160 e. The second-order valence-electron chi connectivity index (χ2n) is 7.06. The van der Waals surface area contributed by atoms with Crippen molar-refractivity contribution in [1.29, 1.82) is 0 Å². The zero-order valence-electron chi connectivity index (χ0n) is 13.4. The van der Waals surface area contributed by atoms with Crippen molar-refractivity contribution in [2.45, 2.75) is 45.6 Å². The third-order valence-corrected chi connectivity index (χ3v) is 5.05. The van der Waals surface area contributed by atoms with E-state index in [1.54, 1.807) is 7.11 Å². The standard InChI is InChI=1S/C18H27NO2/c1-12(2)8-13-4-5-16-15-10-17(20)18(21-3)9-14(15)6-7-19(16)11-13/h9-10,12-13,16,20H,4-8,11H2,1-3H3. The molecule has 2 aliphatic heterocycles. The third kappa shape index (κ3) is 2.89. The monoisotopic (exact) mass is 289 g/mol. The molecule has 1 N–H and O–H groups in total. The topological polar surface area (TPSA) is 32.7 Å². The zero-order chi connectivity index (χ0) is 15.0. The third-order valence-electron chi connectivity index (χ3n) is 5.05. The minimum absolute atomic E-state index is 0.280. The lowest BCUT2D eigenvalue weighted by atomic mass is 9.81. The number of phenols is 1. The highest BCUT2D eigenvalue weighted by molar-refractivity contribution is 5.48. The molecule has 2 heterocycles. The Kier molecular flexibility index (Phi) is 4.12. The Morgan fingerprint density at radius 3 is 2.86 bits per heavy atom. The summed E-state index contributed by atoms with van der Waals surface area (Å²) in [5.41, 5.74) is 2.68. The van der Waals surface area contributed by atoms with Crippen LogP contribution in [0, 0.1) is 11.8 Å². The molecule has 0 bridgehead atoms. The van der Waals surface area contributed by atoms with E-state index in [1.807, 2.05) is 12.1 Å². The SMILES string of the molecule is COc1cc2c(cc1O)C1CCC(CC(C)C)CN1CC2. The van der Waals surface area contributed by atoms with Crippen LogP contribution in [0.1, 0.15) is 50.3 Å². The van der Waals surface area contributed by atoms with Gasteiger partial charge < -0.3 is 9.84 Å². The molecule has 2 atom stereocenters. The van der Waals surface area contributed by atoms with Crippen molar-refractivity contribution in [3.05, 3.63) is 23.3 Å². The van der Waals surface area contributed by atoms with Gasteiger partial charge >= 0.3 is 0 Å². The lowest BCUT2D eigenvalue weighted by molar-refractivity contribution is 0.0894. The number of fused-ring (bicyclic) bond motifs is 3. The van der Waals surface area contributed by atoms with E-state index >= 15 is 0 Å². The van der Waals surface area contributed by atoms with Crippen LogP contribution in [-0.4, -0.2) is 30.2 Å². The summed E-state index contributed by atoms with van der Waals surface area (Å²) < 4.78 is 5.24. The van der Waals surface area contributed by atoms with E-state index in [-0.39, 0.29) is 5.75 Å². The first-order chi connectivity index (χ1) is 10.1. The van der Waals surface area contributed by atoms with Gasteiger partial charge in [0, 0.05) is 19.1 Å². The number of methoxy groups -OCH3 is 1. The van der Waals surface area contributed by atoms with Crippen molar-refractivity contribution in [2.24, 2.45) is 11.8 Å². The molecule has 1 fully saturated rings. The zero-order valence-corrected chi connectivity index (χ0v) is 13.4. The van der Waals surface area contributed by atoms with E-state index in [1.165, 1.54) is 36.9 Å². The van der Waals surface area contributed by atoms with Crippen LogP contribution in [0.15, 0.2) is 12.1 Å². The van der Waals surface area contributed by atoms with Gasteiger partial charge in [0.1, 0.15) is 0 Å². The molecule has 0 amide bonds. The van der Waals surface area contributed by atoms with Crippen molar-refractivity contribution in [2.75, 3.05) is 20.2 Å². The summed E-state index contributed by atoms with van der Waals surface area (Å²) in [6.07, 6.45) is 4.93. The Morgan fingerprint density at radius 2 is 2.14 bits per heavy atom. The van der Waals surface area contributed by atoms with Gasteiger partial charge in [0.05, 0.1) is 7.11 Å². The van der Waals surface area contributed by atoms with Gasteiger partial charge in [0.25, 0.3) is 0 Å². The van der Waals surface area contributed by atoms with Gasteiger partial charge in [0.2, 0.25) is 0 Å². The van der Waals surface area contributed by atoms with Crippen molar-refractivity contribution in [3.63, 3.8) is 0 Å². The van der Waals surface area contributed by atoms with Crippen LogP contribution in [0.3, 0.4) is 0 Å². The maximum absolute atomic E-state index is 10.1. The first kappa shape index (κ1) is 14.7. The minimum Gasteiger partial charge on any atom is -0.504 e. The first-order valence-electron chi connectivity index (χ1n) is 8.22. The molecule has 116 valence electrons. The Bertz CT molecular complexity index is 512. The summed E-state index contributed by atoms with van der Waals surface area (Å²) in [5, 5.41) is 10.1. The number of hydrogen-bond donors (Lipinski definition) is 1. The fourth-order valence-corrected chi connectivity index (χ4v) is 4.17. The Morgan fingerprint density at radius 1 is 1.33 bits per heavy atom. The van der Waals surface area contributed by atoms with Crippen LogP contribution in [-0.2, 0) is 6.42 Å². The van der Waals surface area contributed by atoms with Gasteiger partial charge in [-0.2, -0.15) is 0 Å². The molecule has 0 radical (unpaired) electrons. The number of benzene rings is 1. The lowest BCUT2D eigenvalue weighted by Crippen LogP contribution is -2.42. The van der Waals surface area contributed by atoms with Gasteiger partial charge in [-0.3, -0.25) is 4.90 Å². The van der Waals surface area contributed by atoms with Crippen LogP contribution >= 0.6 is 0 Å². The van der Waals surface area contributed by atoms with Gasteiger partial charge in [-0.25, -0.2) is 0 Å². The number of ether oxygens (including phenoxy) is 1. The van der Waals surface area contributed by atoms with E-state index in [0.717, 1.165) is 24.8 Å². The van der Waals surface area contributed by atoms with E-state index in [9.17, 15) is 5.11 Å². The number of phenolic OH excluding ortho intramolecular Hbond substituents is 1. The normalized spacial score (nSPS) is 25.5. The van der Waals surface area contributed by atoms with Gasteiger partial charge in [0.15, 0.2) is 11.5 Å². The van der Waals surface area contributed by atoms with Crippen molar-refractivity contribution in [3.8, 4) is 11.5 Å². The highest BCUT2D eigenvalue weighted by Crippen LogP contribution is 2.43. The number of nitrogens with zero attached hydrogens (tertiary/aromatic N) is 1. The summed E-state index contributed by atoms with van der Waals surface area (Å²) in [7, 11) is 1.62. The van der Waals surface area contributed by atoms with Crippen molar-refractivity contribution >= 4 is 0 Å². The molecule has 0 aliphatic carbocycles. The molecule has 0 spiro atoms. The van der Waals surface area contributed by atoms with Gasteiger partial charge in [-0.1, -0.05) is 13.8 Å². The van der Waals surface area contributed by atoms with E-state index in [4.69, 9.17) is 4.74 Å². The van der Waals surface area contributed by atoms with E-state index in [2.05, 4.69) is 18.7 Å². The molecule has 1 aromatic carbocycles. The van der Waals surface area contributed by atoms with Crippen LogP contribution in [0.25, 0.3) is 0 Å². The summed E-state index contributed by atoms with van der Waals surface area (Å²) in [6.45, 7) is 7.00. The van der Waals surface area contributed by atoms with Crippen LogP contribution in [0.2, 0.25) is 0 Å². The summed E-state index contributed by atoms with van der Waals surface area (Å²) in [6, 6.07) is 4.46. The number of aromatic hydroxyl groups is 1. The molecule has 21 heavy (non-hydrogen) atoms. The summed E-state index contributed by atoms with van der Waals surface area (Å²) in [5.74, 6) is 2.52. The maximum atomic E-state index is 10.1. The fourth-order valence-electron chi connectivity index (χ4n) is 4.17. The van der Waals surface area contributed by atoms with Gasteiger partial charge in [-0.15, -0.1) is 0 Å². The van der Waals surface area contributed by atoms with Crippen LogP contribution in [0.4, 0.5) is 0 Å². The molecule has 3 rings (SSSR count). The van der Waals surface area contributed by atoms with Crippen molar-refractivity contribution in [1.82, 2.24) is 4.90 Å². The molecule has 0 saturated carbocycles. The number of piperidine rings is 1. The molecule has 3 heteroatoms. The molecule has 2 aliphatic rings. The average Bonchev–Trinajstić information content (AvgIpc) is 2.45. The molecular weight excluding hydrogens is 262 g/mol. The predicted octanol–water partition coefficient (Wildman–Crippen LogP) is 3.76. The van der Waals surface area contributed by atoms with E-state index in [0.29, 0.717) is 11.8 Å². The Hall–Kier alpha value is -1.22. The van der Waals surface area contributed by atoms with E-state index < -0.39 is 0 Å². The van der Waals surface area contributed by atoms with Crippen LogP contribution in [0.5, 0.6) is 11.5 Å². The minimum atomic E-state index is 0.280. The molecular formula is C18H27NO2. The quantitative estimate of drug-likeness (QED) is 0.919. The van der Waals surface area contributed by atoms with Crippen molar-refractivity contribution < 1.29 is 9.84 Å². The lowest BCUT2D eigenvalue weighted by Gasteiger charge is -2.44. The predicted molar refractivity (Wildman–Crippen MR) is 84.9 cm³/mol. The maximum Gasteiger partial charge on any atom is 0.160 e. The van der Waals surface area contributed by atoms with Gasteiger partial charge in [-0.05, 0) is 60.8 Å². The Labute approximate surface area is 127 Å². The molecule has 3 nitrogen and oxygen atoms in total.